The van der Waals surface area contributed by atoms with Crippen LogP contribution < -0.4 is 10.9 Å². The van der Waals surface area contributed by atoms with Crippen LogP contribution in [0.1, 0.15) is 30.0 Å². The van der Waals surface area contributed by atoms with Crippen LogP contribution in [0.25, 0.3) is 0 Å². The van der Waals surface area contributed by atoms with Crippen molar-refractivity contribution in [3.8, 4) is 0 Å². The van der Waals surface area contributed by atoms with Gasteiger partial charge in [0.1, 0.15) is 12.1 Å². The number of alkyl halides is 3. The molecule has 1 saturated heterocycles. The van der Waals surface area contributed by atoms with Crippen molar-refractivity contribution < 1.29 is 22.8 Å². The Morgan fingerprint density at radius 2 is 2.04 bits per heavy atom. The number of nitrogens with one attached hydrogen (secondary N) is 1. The molecule has 0 radical (unpaired) electrons. The topological polar surface area (TPSA) is 84.3 Å². The molecule has 1 aliphatic heterocycles. The van der Waals surface area contributed by atoms with E-state index in [2.05, 4.69) is 10.4 Å². The minimum atomic E-state index is -4.82. The second kappa shape index (κ2) is 5.36. The average molecular weight is 330 g/mol. The summed E-state index contributed by atoms with van der Waals surface area (Å²) in [5.74, 6) is -0.885. The average Bonchev–Trinajstić information content (AvgIpc) is 3.21. The smallest absolute Gasteiger partial charge is 0.336 e. The molecule has 1 aliphatic carbocycles. The van der Waals surface area contributed by atoms with Gasteiger partial charge in [-0.05, 0) is 18.9 Å². The van der Waals surface area contributed by atoms with Gasteiger partial charge in [-0.2, -0.15) is 18.3 Å². The van der Waals surface area contributed by atoms with E-state index in [4.69, 9.17) is 0 Å². The highest BCUT2D eigenvalue weighted by molar-refractivity contribution is 5.95. The molecule has 1 aromatic rings. The molecule has 0 bridgehead atoms. The van der Waals surface area contributed by atoms with E-state index >= 15 is 0 Å². The SMILES string of the molecule is O=C(Cn1nc(C2CC2)cc(C(F)(F)F)c1=O)N1CCNC1=O. The first-order valence-electron chi connectivity index (χ1n) is 7.05. The van der Waals surface area contributed by atoms with Crippen LogP contribution in [-0.4, -0.2) is 39.7 Å². The summed E-state index contributed by atoms with van der Waals surface area (Å²) in [5.41, 5.74) is -2.57. The van der Waals surface area contributed by atoms with E-state index < -0.39 is 35.8 Å². The van der Waals surface area contributed by atoms with E-state index in [0.29, 0.717) is 17.5 Å². The largest absolute Gasteiger partial charge is 0.421 e. The molecule has 1 N–H and O–H groups in total. The second-order valence-corrected chi connectivity index (χ2v) is 5.50. The number of hydrogen-bond donors (Lipinski definition) is 1. The van der Waals surface area contributed by atoms with E-state index in [1.165, 1.54) is 0 Å². The number of carbonyl (C=O) groups is 2. The molecule has 2 fully saturated rings. The monoisotopic (exact) mass is 330 g/mol. The Labute approximate surface area is 128 Å². The summed E-state index contributed by atoms with van der Waals surface area (Å²) in [7, 11) is 0. The fourth-order valence-electron chi connectivity index (χ4n) is 2.37. The molecule has 0 unspecified atom stereocenters. The van der Waals surface area contributed by atoms with Gasteiger partial charge >= 0.3 is 12.2 Å². The Morgan fingerprint density at radius 3 is 2.57 bits per heavy atom. The molecule has 3 rings (SSSR count). The third-order valence-corrected chi connectivity index (χ3v) is 3.74. The summed E-state index contributed by atoms with van der Waals surface area (Å²) in [6.45, 7) is -0.320. The fraction of sp³-hybridized carbons (Fsp3) is 0.538. The Kier molecular flexibility index (Phi) is 3.61. The van der Waals surface area contributed by atoms with Crippen molar-refractivity contribution in [2.24, 2.45) is 0 Å². The highest BCUT2D eigenvalue weighted by Gasteiger charge is 2.38. The van der Waals surface area contributed by atoms with Gasteiger partial charge in [0, 0.05) is 19.0 Å². The Hall–Kier alpha value is -2.39. The van der Waals surface area contributed by atoms with E-state index in [0.717, 1.165) is 11.0 Å². The van der Waals surface area contributed by atoms with Gasteiger partial charge in [0.05, 0.1) is 5.69 Å². The van der Waals surface area contributed by atoms with Gasteiger partial charge in [-0.3, -0.25) is 14.5 Å². The van der Waals surface area contributed by atoms with Crippen LogP contribution >= 0.6 is 0 Å². The standard InChI is InChI=1S/C13H13F3N4O3/c14-13(15,16)8-5-9(7-1-2-7)18-20(11(8)22)6-10(21)19-4-3-17-12(19)23/h5,7H,1-4,6H2,(H,17,23). The summed E-state index contributed by atoms with van der Waals surface area (Å²) in [6.07, 6.45) is -3.42. The van der Waals surface area contributed by atoms with Crippen molar-refractivity contribution in [3.63, 3.8) is 0 Å². The van der Waals surface area contributed by atoms with Crippen LogP contribution in [0.2, 0.25) is 0 Å². The Morgan fingerprint density at radius 1 is 1.35 bits per heavy atom. The fourth-order valence-corrected chi connectivity index (χ4v) is 2.37. The zero-order valence-electron chi connectivity index (χ0n) is 11.9. The lowest BCUT2D eigenvalue weighted by atomic mass is 10.2. The first-order chi connectivity index (χ1) is 10.8. The third-order valence-electron chi connectivity index (χ3n) is 3.74. The van der Waals surface area contributed by atoms with Crippen molar-refractivity contribution in [2.75, 3.05) is 13.1 Å². The Balaban J connectivity index is 1.94. The minimum Gasteiger partial charge on any atom is -0.336 e. The molecule has 1 saturated carbocycles. The lowest BCUT2D eigenvalue weighted by Gasteiger charge is -2.15. The maximum Gasteiger partial charge on any atom is 0.421 e. The van der Waals surface area contributed by atoms with Crippen molar-refractivity contribution in [1.82, 2.24) is 20.0 Å². The quantitative estimate of drug-likeness (QED) is 0.884. The Bertz CT molecular complexity index is 724. The molecule has 0 atom stereocenters. The number of nitrogens with zero attached hydrogens (tertiary/aromatic N) is 3. The third kappa shape index (κ3) is 3.06. The van der Waals surface area contributed by atoms with Crippen molar-refractivity contribution in [2.45, 2.75) is 31.5 Å². The van der Waals surface area contributed by atoms with Gasteiger partial charge in [0.25, 0.3) is 11.5 Å². The van der Waals surface area contributed by atoms with Gasteiger partial charge < -0.3 is 5.32 Å². The molecule has 0 aromatic carbocycles. The lowest BCUT2D eigenvalue weighted by molar-refractivity contribution is -0.139. The summed E-state index contributed by atoms with van der Waals surface area (Å²) in [5, 5.41) is 6.27. The van der Waals surface area contributed by atoms with E-state index in [-0.39, 0.29) is 24.7 Å². The number of imide groups is 1. The van der Waals surface area contributed by atoms with Gasteiger partial charge in [-0.1, -0.05) is 0 Å². The number of hydrogen-bond acceptors (Lipinski definition) is 4. The lowest BCUT2D eigenvalue weighted by Crippen LogP contribution is -2.40. The summed E-state index contributed by atoms with van der Waals surface area (Å²) >= 11 is 0. The van der Waals surface area contributed by atoms with Crippen molar-refractivity contribution in [3.05, 3.63) is 27.7 Å². The van der Waals surface area contributed by atoms with E-state index in [9.17, 15) is 27.6 Å². The highest BCUT2D eigenvalue weighted by Crippen LogP contribution is 2.40. The summed E-state index contributed by atoms with van der Waals surface area (Å²) in [4.78, 5) is 36.2. The number of halogens is 3. The zero-order chi connectivity index (χ0) is 16.8. The van der Waals surface area contributed by atoms with Crippen LogP contribution in [0, 0.1) is 0 Å². The number of rotatable bonds is 3. The molecule has 3 amide bonds. The predicted octanol–water partition coefficient (Wildman–Crippen LogP) is 0.691. The first-order valence-corrected chi connectivity index (χ1v) is 7.05. The minimum absolute atomic E-state index is 0.112. The van der Waals surface area contributed by atoms with Gasteiger partial charge in [0.15, 0.2) is 0 Å². The van der Waals surface area contributed by atoms with Crippen molar-refractivity contribution in [1.29, 1.82) is 0 Å². The molecule has 10 heteroatoms. The molecule has 0 spiro atoms. The van der Waals surface area contributed by atoms with Crippen molar-refractivity contribution >= 4 is 11.9 Å². The molecule has 124 valence electrons. The summed E-state index contributed by atoms with van der Waals surface area (Å²) in [6, 6.07) is 0.126. The molecule has 1 aromatic heterocycles. The van der Waals surface area contributed by atoms with E-state index in [1.807, 2.05) is 0 Å². The number of urea groups is 1. The number of carbonyl (C=O) groups excluding carboxylic acids is 2. The maximum absolute atomic E-state index is 13.0. The predicted molar refractivity (Wildman–Crippen MR) is 70.6 cm³/mol. The number of amides is 3. The van der Waals surface area contributed by atoms with E-state index in [1.54, 1.807) is 0 Å². The first kappa shape index (κ1) is 15.5. The number of aromatic nitrogens is 2. The molecule has 2 aliphatic rings. The van der Waals surface area contributed by atoms with Crippen LogP contribution in [0.15, 0.2) is 10.9 Å². The van der Waals surface area contributed by atoms with Gasteiger partial charge in [0.2, 0.25) is 0 Å². The molecule has 2 heterocycles. The van der Waals surface area contributed by atoms with Crippen LogP contribution in [0.4, 0.5) is 18.0 Å². The highest BCUT2D eigenvalue weighted by atomic mass is 19.4. The van der Waals surface area contributed by atoms with Gasteiger partial charge in [-0.25, -0.2) is 9.48 Å². The molecule has 23 heavy (non-hydrogen) atoms. The second-order valence-electron chi connectivity index (χ2n) is 5.50. The molecular weight excluding hydrogens is 317 g/mol. The zero-order valence-corrected chi connectivity index (χ0v) is 11.9. The van der Waals surface area contributed by atoms with Crippen LogP contribution in [0.5, 0.6) is 0 Å². The molecular formula is C13H13F3N4O3. The maximum atomic E-state index is 13.0. The van der Waals surface area contributed by atoms with Crippen LogP contribution in [0.3, 0.4) is 0 Å². The van der Waals surface area contributed by atoms with Crippen LogP contribution in [-0.2, 0) is 17.5 Å². The molecule has 7 nitrogen and oxygen atoms in total. The normalized spacial score (nSPS) is 18.2. The van der Waals surface area contributed by atoms with Gasteiger partial charge in [-0.15, -0.1) is 0 Å². The summed E-state index contributed by atoms with van der Waals surface area (Å²) < 4.78 is 39.5.